The van der Waals surface area contributed by atoms with Crippen molar-refractivity contribution in [3.8, 4) is 5.75 Å². The quantitative estimate of drug-likeness (QED) is 0.657. The lowest BCUT2D eigenvalue weighted by Gasteiger charge is -2.08. The summed E-state index contributed by atoms with van der Waals surface area (Å²) in [6.45, 7) is 0. The van der Waals surface area contributed by atoms with Crippen molar-refractivity contribution in [3.63, 3.8) is 0 Å². The maximum atomic E-state index is 12.3. The summed E-state index contributed by atoms with van der Waals surface area (Å²) in [6, 6.07) is 13.7. The zero-order valence-corrected chi connectivity index (χ0v) is 12.8. The number of benzene rings is 2. The highest BCUT2D eigenvalue weighted by Crippen LogP contribution is 2.25. The van der Waals surface area contributed by atoms with Gasteiger partial charge in [0.1, 0.15) is 11.3 Å². The minimum absolute atomic E-state index is 0.307. The molecule has 1 amide bonds. The zero-order valence-electron chi connectivity index (χ0n) is 11.3. The molecule has 0 saturated carbocycles. The molecule has 0 aliphatic rings. The van der Waals surface area contributed by atoms with E-state index in [1.807, 2.05) is 6.07 Å². The standard InChI is InChI=1S/C16H11BrN2O3/c17-9-4-3-5-10(8-9)18-15(21)13-14(20)11-6-1-2-7-12(11)19-16(13)22/h1-8H,(H,18,21)(H2,19,20,22). The van der Waals surface area contributed by atoms with Crippen molar-refractivity contribution in [2.45, 2.75) is 0 Å². The molecule has 1 aromatic heterocycles. The molecule has 3 rings (SSSR count). The van der Waals surface area contributed by atoms with Crippen molar-refractivity contribution in [2.75, 3.05) is 5.32 Å². The van der Waals surface area contributed by atoms with Gasteiger partial charge in [-0.05, 0) is 30.3 Å². The van der Waals surface area contributed by atoms with E-state index >= 15 is 0 Å². The molecule has 3 aromatic rings. The molecule has 0 fully saturated rings. The van der Waals surface area contributed by atoms with Crippen LogP contribution in [0.1, 0.15) is 10.4 Å². The third kappa shape index (κ3) is 2.60. The van der Waals surface area contributed by atoms with Gasteiger partial charge in [0.05, 0.1) is 5.52 Å². The van der Waals surface area contributed by atoms with E-state index in [1.54, 1.807) is 42.5 Å². The topological polar surface area (TPSA) is 82.2 Å². The van der Waals surface area contributed by atoms with E-state index in [0.717, 1.165) is 4.47 Å². The van der Waals surface area contributed by atoms with Crippen LogP contribution in [-0.2, 0) is 0 Å². The number of hydrogen-bond donors (Lipinski definition) is 3. The van der Waals surface area contributed by atoms with Gasteiger partial charge >= 0.3 is 0 Å². The number of para-hydroxylation sites is 1. The van der Waals surface area contributed by atoms with E-state index in [-0.39, 0.29) is 11.3 Å². The van der Waals surface area contributed by atoms with Crippen LogP contribution in [0.2, 0.25) is 0 Å². The number of hydrogen-bond acceptors (Lipinski definition) is 3. The van der Waals surface area contributed by atoms with Crippen LogP contribution < -0.4 is 10.9 Å². The van der Waals surface area contributed by atoms with Gasteiger partial charge in [-0.1, -0.05) is 34.1 Å². The Hall–Kier alpha value is -2.60. The average Bonchev–Trinajstić information content (AvgIpc) is 2.47. The van der Waals surface area contributed by atoms with Crippen molar-refractivity contribution < 1.29 is 9.90 Å². The lowest BCUT2D eigenvalue weighted by molar-refractivity contribution is 0.102. The van der Waals surface area contributed by atoms with Gasteiger partial charge in [0, 0.05) is 15.5 Å². The summed E-state index contributed by atoms with van der Waals surface area (Å²) in [4.78, 5) is 27.0. The maximum Gasteiger partial charge on any atom is 0.265 e. The summed E-state index contributed by atoms with van der Waals surface area (Å²) in [6.07, 6.45) is 0. The van der Waals surface area contributed by atoms with Crippen LogP contribution in [0.15, 0.2) is 57.8 Å². The van der Waals surface area contributed by atoms with Crippen LogP contribution in [0.5, 0.6) is 5.75 Å². The Bertz CT molecular complexity index is 934. The Morgan fingerprint density at radius 1 is 1.14 bits per heavy atom. The molecule has 0 radical (unpaired) electrons. The molecule has 0 saturated heterocycles. The number of carbonyl (C=O) groups excluding carboxylic acids is 1. The molecule has 0 atom stereocenters. The Labute approximate surface area is 133 Å². The molecule has 6 heteroatoms. The molecule has 0 unspecified atom stereocenters. The first-order chi connectivity index (χ1) is 10.6. The second-order valence-corrected chi connectivity index (χ2v) is 5.60. The lowest BCUT2D eigenvalue weighted by Crippen LogP contribution is -2.23. The van der Waals surface area contributed by atoms with Crippen molar-refractivity contribution in [1.29, 1.82) is 0 Å². The fourth-order valence-electron chi connectivity index (χ4n) is 2.20. The van der Waals surface area contributed by atoms with E-state index < -0.39 is 11.5 Å². The lowest BCUT2D eigenvalue weighted by atomic mass is 10.1. The summed E-state index contributed by atoms with van der Waals surface area (Å²) in [5, 5.41) is 13.3. The van der Waals surface area contributed by atoms with Crippen molar-refractivity contribution in [2.24, 2.45) is 0 Å². The molecular formula is C16H11BrN2O3. The summed E-state index contributed by atoms with van der Waals surface area (Å²) >= 11 is 3.30. The highest BCUT2D eigenvalue weighted by Gasteiger charge is 2.19. The second kappa shape index (κ2) is 5.65. The molecule has 110 valence electrons. The van der Waals surface area contributed by atoms with Gasteiger partial charge in [-0.25, -0.2) is 0 Å². The first-order valence-electron chi connectivity index (χ1n) is 6.47. The van der Waals surface area contributed by atoms with Gasteiger partial charge < -0.3 is 15.4 Å². The first-order valence-corrected chi connectivity index (χ1v) is 7.26. The van der Waals surface area contributed by atoms with Gasteiger partial charge in [-0.3, -0.25) is 9.59 Å². The van der Waals surface area contributed by atoms with Crippen molar-refractivity contribution in [3.05, 3.63) is 68.9 Å². The van der Waals surface area contributed by atoms with Crippen molar-refractivity contribution in [1.82, 2.24) is 4.98 Å². The SMILES string of the molecule is O=C(Nc1cccc(Br)c1)c1c(O)c2ccccc2[nH]c1=O. The molecule has 22 heavy (non-hydrogen) atoms. The van der Waals surface area contributed by atoms with Gasteiger partial charge in [-0.15, -0.1) is 0 Å². The number of aromatic nitrogens is 1. The number of carbonyl (C=O) groups is 1. The van der Waals surface area contributed by atoms with Crippen LogP contribution in [0.3, 0.4) is 0 Å². The molecule has 0 aliphatic carbocycles. The number of nitrogens with one attached hydrogen (secondary N) is 2. The average molecular weight is 359 g/mol. The van der Waals surface area contributed by atoms with Crippen LogP contribution in [0.25, 0.3) is 10.9 Å². The molecule has 0 bridgehead atoms. The fraction of sp³-hybridized carbons (Fsp3) is 0. The number of aromatic amines is 1. The molecule has 3 N–H and O–H groups in total. The predicted octanol–water partition coefficient (Wildman–Crippen LogP) is 3.25. The highest BCUT2D eigenvalue weighted by molar-refractivity contribution is 9.10. The molecule has 2 aromatic carbocycles. The molecule has 0 spiro atoms. The van der Waals surface area contributed by atoms with E-state index in [9.17, 15) is 14.7 Å². The Morgan fingerprint density at radius 3 is 2.68 bits per heavy atom. The highest BCUT2D eigenvalue weighted by atomic mass is 79.9. The minimum atomic E-state index is -0.664. The van der Waals surface area contributed by atoms with Crippen molar-refractivity contribution >= 4 is 38.4 Å². The fourth-order valence-corrected chi connectivity index (χ4v) is 2.60. The summed E-state index contributed by atoms with van der Waals surface area (Å²) in [5.41, 5.74) is 0.0534. The van der Waals surface area contributed by atoms with Gasteiger partial charge in [0.2, 0.25) is 0 Å². The van der Waals surface area contributed by atoms with Crippen LogP contribution in [0, 0.1) is 0 Å². The number of amides is 1. The zero-order chi connectivity index (χ0) is 15.7. The van der Waals surface area contributed by atoms with Gasteiger partial charge in [0.15, 0.2) is 0 Å². The monoisotopic (exact) mass is 358 g/mol. The van der Waals surface area contributed by atoms with E-state index in [2.05, 4.69) is 26.2 Å². The number of rotatable bonds is 2. The second-order valence-electron chi connectivity index (χ2n) is 4.69. The smallest absolute Gasteiger partial charge is 0.265 e. The Kier molecular flexibility index (Phi) is 3.68. The Balaban J connectivity index is 2.06. The largest absolute Gasteiger partial charge is 0.506 e. The Morgan fingerprint density at radius 2 is 1.91 bits per heavy atom. The van der Waals surface area contributed by atoms with Gasteiger partial charge in [0.25, 0.3) is 11.5 Å². The van der Waals surface area contributed by atoms with E-state index in [1.165, 1.54) is 0 Å². The van der Waals surface area contributed by atoms with Crippen LogP contribution in [-0.4, -0.2) is 16.0 Å². The number of anilines is 1. The number of H-pyrrole nitrogens is 1. The summed E-state index contributed by atoms with van der Waals surface area (Å²) < 4.78 is 0.793. The van der Waals surface area contributed by atoms with E-state index in [0.29, 0.717) is 16.6 Å². The predicted molar refractivity (Wildman–Crippen MR) is 88.3 cm³/mol. The van der Waals surface area contributed by atoms with Gasteiger partial charge in [-0.2, -0.15) is 0 Å². The van der Waals surface area contributed by atoms with E-state index in [4.69, 9.17) is 0 Å². The third-order valence-corrected chi connectivity index (χ3v) is 3.70. The summed E-state index contributed by atoms with van der Waals surface area (Å²) in [7, 11) is 0. The number of fused-ring (bicyclic) bond motifs is 1. The number of pyridine rings is 1. The maximum absolute atomic E-state index is 12.3. The molecule has 1 heterocycles. The minimum Gasteiger partial charge on any atom is -0.506 e. The number of aromatic hydroxyl groups is 1. The molecular weight excluding hydrogens is 348 g/mol. The third-order valence-electron chi connectivity index (χ3n) is 3.20. The molecule has 0 aliphatic heterocycles. The molecule has 5 nitrogen and oxygen atoms in total. The van der Waals surface area contributed by atoms with Crippen LogP contribution in [0.4, 0.5) is 5.69 Å². The summed E-state index contributed by atoms with van der Waals surface area (Å²) in [5.74, 6) is -0.991. The van der Waals surface area contributed by atoms with Crippen LogP contribution >= 0.6 is 15.9 Å². The first kappa shape index (κ1) is 14.3. The number of halogens is 1. The normalized spacial score (nSPS) is 10.6.